The van der Waals surface area contributed by atoms with Gasteiger partial charge in [0.25, 0.3) is 15.9 Å². The van der Waals surface area contributed by atoms with Crippen molar-refractivity contribution in [1.29, 1.82) is 0 Å². The Hall–Kier alpha value is -3.33. The first-order valence-corrected chi connectivity index (χ1v) is 10.1. The lowest BCUT2D eigenvalue weighted by molar-refractivity contribution is -0.137. The summed E-state index contributed by atoms with van der Waals surface area (Å²) in [5.74, 6) is -0.219. The molecule has 8 nitrogen and oxygen atoms in total. The SMILES string of the molecule is COc1ccc(/C=C/C(=O)OCCN2C(=O)c3ccccc3S2(=O)=O)cc1OC. The van der Waals surface area contributed by atoms with Crippen LogP contribution in [-0.2, 0) is 19.6 Å². The van der Waals surface area contributed by atoms with E-state index >= 15 is 0 Å². The predicted octanol–water partition coefficient (Wildman–Crippen LogP) is 2.10. The first kappa shape index (κ1) is 20.4. The number of esters is 1. The number of fused-ring (bicyclic) bond motifs is 1. The highest BCUT2D eigenvalue weighted by Gasteiger charge is 2.40. The molecule has 1 aliphatic heterocycles. The summed E-state index contributed by atoms with van der Waals surface area (Å²) in [6.45, 7) is -0.514. The van der Waals surface area contributed by atoms with Crippen LogP contribution in [0.1, 0.15) is 15.9 Å². The number of methoxy groups -OCH3 is 2. The molecule has 0 saturated carbocycles. The van der Waals surface area contributed by atoms with Crippen LogP contribution in [0.4, 0.5) is 0 Å². The number of amides is 1. The molecule has 0 aromatic heterocycles. The average Bonchev–Trinajstić information content (AvgIpc) is 2.92. The van der Waals surface area contributed by atoms with Crippen LogP contribution < -0.4 is 9.47 Å². The molecule has 29 heavy (non-hydrogen) atoms. The van der Waals surface area contributed by atoms with Gasteiger partial charge in [-0.3, -0.25) is 4.79 Å². The molecular formula is C20H19NO7S. The van der Waals surface area contributed by atoms with Crippen LogP contribution >= 0.6 is 0 Å². The quantitative estimate of drug-likeness (QED) is 0.502. The normalized spacial score (nSPS) is 14.7. The van der Waals surface area contributed by atoms with E-state index in [1.807, 2.05) is 0 Å². The summed E-state index contributed by atoms with van der Waals surface area (Å²) in [5.41, 5.74) is 0.805. The van der Waals surface area contributed by atoms with Crippen LogP contribution in [0, 0.1) is 0 Å². The van der Waals surface area contributed by atoms with Gasteiger partial charge in [-0.15, -0.1) is 0 Å². The van der Waals surface area contributed by atoms with Crippen molar-refractivity contribution in [2.75, 3.05) is 27.4 Å². The summed E-state index contributed by atoms with van der Waals surface area (Å²) < 4.78 is 40.9. The van der Waals surface area contributed by atoms with Gasteiger partial charge >= 0.3 is 5.97 Å². The second-order valence-electron chi connectivity index (χ2n) is 5.99. The molecule has 1 heterocycles. The molecule has 0 bridgehead atoms. The maximum absolute atomic E-state index is 12.4. The van der Waals surface area contributed by atoms with Gasteiger partial charge in [-0.25, -0.2) is 17.5 Å². The van der Waals surface area contributed by atoms with Crippen molar-refractivity contribution in [3.8, 4) is 11.5 Å². The van der Waals surface area contributed by atoms with Gasteiger partial charge in [0.1, 0.15) is 11.5 Å². The van der Waals surface area contributed by atoms with Gasteiger partial charge in [-0.2, -0.15) is 0 Å². The van der Waals surface area contributed by atoms with Crippen molar-refractivity contribution in [2.24, 2.45) is 0 Å². The van der Waals surface area contributed by atoms with Crippen molar-refractivity contribution in [2.45, 2.75) is 4.90 Å². The van der Waals surface area contributed by atoms with Crippen molar-refractivity contribution in [3.05, 3.63) is 59.7 Å². The van der Waals surface area contributed by atoms with Crippen molar-refractivity contribution < 1.29 is 32.2 Å². The summed E-state index contributed by atoms with van der Waals surface area (Å²) in [7, 11) is -0.886. The molecule has 0 radical (unpaired) electrons. The van der Waals surface area contributed by atoms with E-state index in [0.717, 1.165) is 0 Å². The van der Waals surface area contributed by atoms with Crippen LogP contribution in [0.25, 0.3) is 6.08 Å². The van der Waals surface area contributed by atoms with Gasteiger partial charge in [0.15, 0.2) is 11.5 Å². The molecule has 0 atom stereocenters. The molecule has 0 spiro atoms. The lowest BCUT2D eigenvalue weighted by atomic mass is 10.2. The molecule has 2 aromatic rings. The number of carbonyl (C=O) groups excluding carboxylic acids is 2. The van der Waals surface area contributed by atoms with Crippen LogP contribution in [0.3, 0.4) is 0 Å². The zero-order valence-electron chi connectivity index (χ0n) is 15.8. The average molecular weight is 417 g/mol. The lowest BCUT2D eigenvalue weighted by Crippen LogP contribution is -2.33. The van der Waals surface area contributed by atoms with Crippen molar-refractivity contribution >= 4 is 28.0 Å². The summed E-state index contributed by atoms with van der Waals surface area (Å²) in [4.78, 5) is 24.2. The third-order valence-electron chi connectivity index (χ3n) is 4.27. The minimum atomic E-state index is -3.91. The van der Waals surface area contributed by atoms with E-state index < -0.39 is 21.9 Å². The number of sulfonamides is 1. The lowest BCUT2D eigenvalue weighted by Gasteiger charge is -2.14. The maximum Gasteiger partial charge on any atom is 0.330 e. The Balaban J connectivity index is 1.58. The van der Waals surface area contributed by atoms with Gasteiger partial charge in [0.2, 0.25) is 0 Å². The molecule has 0 N–H and O–H groups in total. The molecule has 1 aliphatic rings. The molecule has 152 valence electrons. The van der Waals surface area contributed by atoms with Crippen molar-refractivity contribution in [1.82, 2.24) is 4.31 Å². The van der Waals surface area contributed by atoms with Crippen LogP contribution in [0.15, 0.2) is 53.4 Å². The fourth-order valence-electron chi connectivity index (χ4n) is 2.85. The molecule has 0 unspecified atom stereocenters. The van der Waals surface area contributed by atoms with E-state index in [1.54, 1.807) is 30.3 Å². The first-order valence-electron chi connectivity index (χ1n) is 8.61. The zero-order valence-corrected chi connectivity index (χ0v) is 16.6. The van der Waals surface area contributed by atoms with Gasteiger partial charge in [-0.1, -0.05) is 18.2 Å². The van der Waals surface area contributed by atoms with E-state index in [2.05, 4.69) is 0 Å². The van der Waals surface area contributed by atoms with E-state index in [1.165, 1.54) is 38.5 Å². The fourth-order valence-corrected chi connectivity index (χ4v) is 4.40. The second-order valence-corrected chi connectivity index (χ2v) is 7.82. The van der Waals surface area contributed by atoms with Crippen LogP contribution in [-0.4, -0.2) is 52.0 Å². The highest BCUT2D eigenvalue weighted by molar-refractivity contribution is 7.90. The topological polar surface area (TPSA) is 99.2 Å². The maximum atomic E-state index is 12.4. The summed E-state index contributed by atoms with van der Waals surface area (Å²) in [6, 6.07) is 11.1. The Bertz CT molecular complexity index is 1080. The smallest absolute Gasteiger partial charge is 0.330 e. The Labute approximate surface area is 168 Å². The summed E-state index contributed by atoms with van der Waals surface area (Å²) >= 11 is 0. The van der Waals surface area contributed by atoms with E-state index in [9.17, 15) is 18.0 Å². The van der Waals surface area contributed by atoms with E-state index in [4.69, 9.17) is 14.2 Å². The molecule has 9 heteroatoms. The van der Waals surface area contributed by atoms with Gasteiger partial charge in [-0.05, 0) is 35.9 Å². The van der Waals surface area contributed by atoms with Gasteiger partial charge in [0, 0.05) is 6.08 Å². The summed E-state index contributed by atoms with van der Waals surface area (Å²) in [6.07, 6.45) is 2.73. The second kappa shape index (κ2) is 8.36. The first-order chi connectivity index (χ1) is 13.9. The minimum absolute atomic E-state index is 0.0373. The Kier molecular flexibility index (Phi) is 5.88. The number of benzene rings is 2. The third kappa shape index (κ3) is 4.09. The molecule has 0 saturated heterocycles. The standard InChI is InChI=1S/C20H19NO7S/c1-26-16-9-7-14(13-17(16)27-2)8-10-19(22)28-12-11-21-20(23)15-5-3-4-6-18(15)29(21,24)25/h3-10,13H,11-12H2,1-2H3/b10-8+. The number of rotatable bonds is 7. The fraction of sp³-hybridized carbons (Fsp3) is 0.200. The van der Waals surface area contributed by atoms with Crippen LogP contribution in [0.2, 0.25) is 0 Å². The number of hydrogen-bond donors (Lipinski definition) is 0. The number of carbonyl (C=O) groups is 2. The predicted molar refractivity (Wildman–Crippen MR) is 104 cm³/mol. The molecule has 2 aromatic carbocycles. The van der Waals surface area contributed by atoms with Crippen molar-refractivity contribution in [3.63, 3.8) is 0 Å². The van der Waals surface area contributed by atoms with Gasteiger partial charge < -0.3 is 14.2 Å². The third-order valence-corrected chi connectivity index (χ3v) is 6.11. The molecular weight excluding hydrogens is 398 g/mol. The zero-order chi connectivity index (χ0) is 21.0. The minimum Gasteiger partial charge on any atom is -0.493 e. The van der Waals surface area contributed by atoms with E-state index in [-0.39, 0.29) is 23.6 Å². The number of ether oxygens (including phenoxy) is 3. The Morgan fingerprint density at radius 3 is 2.48 bits per heavy atom. The largest absolute Gasteiger partial charge is 0.493 e. The van der Waals surface area contributed by atoms with Gasteiger partial charge in [0.05, 0.1) is 26.3 Å². The summed E-state index contributed by atoms with van der Waals surface area (Å²) in [5, 5.41) is 0. The van der Waals surface area contributed by atoms with Crippen LogP contribution in [0.5, 0.6) is 11.5 Å². The highest BCUT2D eigenvalue weighted by Crippen LogP contribution is 2.30. The highest BCUT2D eigenvalue weighted by atomic mass is 32.2. The molecule has 0 aliphatic carbocycles. The van der Waals surface area contributed by atoms with E-state index in [0.29, 0.717) is 21.4 Å². The monoisotopic (exact) mass is 417 g/mol. The Morgan fingerprint density at radius 2 is 1.79 bits per heavy atom. The Morgan fingerprint density at radius 1 is 1.07 bits per heavy atom. The number of hydrogen-bond acceptors (Lipinski definition) is 7. The molecule has 1 amide bonds. The molecule has 3 rings (SSSR count). The molecule has 0 fully saturated rings. The number of nitrogens with zero attached hydrogens (tertiary/aromatic N) is 1.